The highest BCUT2D eigenvalue weighted by Crippen LogP contribution is 2.20. The predicted octanol–water partition coefficient (Wildman–Crippen LogP) is 2.75. The third-order valence-corrected chi connectivity index (χ3v) is 3.81. The first-order chi connectivity index (χ1) is 10.7. The van der Waals surface area contributed by atoms with E-state index in [1.807, 2.05) is 12.1 Å². The minimum Gasteiger partial charge on any atom is -0.371 e. The highest BCUT2D eigenvalue weighted by atomic mass is 19.1. The minimum absolute atomic E-state index is 0.217. The lowest BCUT2D eigenvalue weighted by atomic mass is 10.2. The van der Waals surface area contributed by atoms with Crippen LogP contribution < -0.4 is 10.2 Å². The molecular weight excluding hydrogens is 281 g/mol. The van der Waals surface area contributed by atoms with Gasteiger partial charge in [0.05, 0.1) is 0 Å². The predicted molar refractivity (Wildman–Crippen MR) is 83.3 cm³/mol. The molecule has 0 unspecified atom stereocenters. The molecule has 0 aliphatic carbocycles. The number of nitrogens with one attached hydrogen (secondary N) is 1. The van der Waals surface area contributed by atoms with Crippen molar-refractivity contribution in [1.29, 1.82) is 0 Å². The van der Waals surface area contributed by atoms with Crippen molar-refractivity contribution in [3.63, 3.8) is 0 Å². The number of halogens is 1. The van der Waals surface area contributed by atoms with Crippen LogP contribution in [0, 0.1) is 5.82 Å². The molecule has 1 aromatic heterocycles. The molecule has 2 heterocycles. The van der Waals surface area contributed by atoms with Gasteiger partial charge in [-0.3, -0.25) is 9.78 Å². The highest BCUT2D eigenvalue weighted by Gasteiger charge is 2.14. The molecule has 0 atom stereocenters. The van der Waals surface area contributed by atoms with Crippen molar-refractivity contribution in [2.45, 2.75) is 19.4 Å². The summed E-state index contributed by atoms with van der Waals surface area (Å²) in [5.41, 5.74) is 2.30. The second-order valence-electron chi connectivity index (χ2n) is 5.40. The van der Waals surface area contributed by atoms with Crippen LogP contribution in [0.3, 0.4) is 0 Å². The number of hydrogen-bond donors (Lipinski definition) is 1. The number of aromatic nitrogens is 1. The first-order valence-electron chi connectivity index (χ1n) is 7.46. The van der Waals surface area contributed by atoms with E-state index in [2.05, 4.69) is 15.2 Å². The summed E-state index contributed by atoms with van der Waals surface area (Å²) in [4.78, 5) is 18.6. The Bertz CT molecular complexity index is 651. The number of amides is 1. The second kappa shape index (κ2) is 6.56. The van der Waals surface area contributed by atoms with Crippen molar-refractivity contribution in [1.82, 2.24) is 10.3 Å². The molecule has 4 nitrogen and oxygen atoms in total. The molecule has 0 spiro atoms. The van der Waals surface area contributed by atoms with Crippen LogP contribution in [0.15, 0.2) is 42.6 Å². The van der Waals surface area contributed by atoms with Gasteiger partial charge in [0.1, 0.15) is 11.5 Å². The van der Waals surface area contributed by atoms with Crippen molar-refractivity contribution in [3.8, 4) is 0 Å². The van der Waals surface area contributed by atoms with Crippen LogP contribution in [-0.2, 0) is 6.54 Å². The summed E-state index contributed by atoms with van der Waals surface area (Å²) in [6.45, 7) is 2.41. The van der Waals surface area contributed by atoms with Gasteiger partial charge in [-0.15, -0.1) is 0 Å². The average Bonchev–Trinajstić information content (AvgIpc) is 3.09. The van der Waals surface area contributed by atoms with Crippen molar-refractivity contribution in [2.75, 3.05) is 18.0 Å². The van der Waals surface area contributed by atoms with Crippen LogP contribution in [0.25, 0.3) is 0 Å². The SMILES string of the molecule is O=C(NCc1ccc(F)cc1)c1cc(N2CCCC2)ccn1. The minimum atomic E-state index is -0.282. The summed E-state index contributed by atoms with van der Waals surface area (Å²) >= 11 is 0. The first kappa shape index (κ1) is 14.5. The lowest BCUT2D eigenvalue weighted by Crippen LogP contribution is -2.25. The summed E-state index contributed by atoms with van der Waals surface area (Å²) in [6, 6.07) is 9.84. The Morgan fingerprint density at radius 1 is 1.18 bits per heavy atom. The first-order valence-corrected chi connectivity index (χ1v) is 7.46. The number of carbonyl (C=O) groups excluding carboxylic acids is 1. The third-order valence-electron chi connectivity index (χ3n) is 3.81. The number of rotatable bonds is 4. The summed E-state index contributed by atoms with van der Waals surface area (Å²) in [7, 11) is 0. The smallest absolute Gasteiger partial charge is 0.270 e. The summed E-state index contributed by atoms with van der Waals surface area (Å²) in [5, 5.41) is 2.81. The van der Waals surface area contributed by atoms with Gasteiger partial charge in [0, 0.05) is 31.5 Å². The van der Waals surface area contributed by atoms with E-state index in [4.69, 9.17) is 0 Å². The zero-order valence-corrected chi connectivity index (χ0v) is 12.3. The third kappa shape index (κ3) is 3.42. The van der Waals surface area contributed by atoms with Gasteiger partial charge in [0.2, 0.25) is 0 Å². The number of nitrogens with zero attached hydrogens (tertiary/aromatic N) is 2. The normalized spacial score (nSPS) is 14.1. The van der Waals surface area contributed by atoms with Gasteiger partial charge in [0.25, 0.3) is 5.91 Å². The number of hydrogen-bond acceptors (Lipinski definition) is 3. The van der Waals surface area contributed by atoms with E-state index in [-0.39, 0.29) is 11.7 Å². The average molecular weight is 299 g/mol. The van der Waals surface area contributed by atoms with E-state index in [1.54, 1.807) is 18.3 Å². The van der Waals surface area contributed by atoms with Crippen molar-refractivity contribution < 1.29 is 9.18 Å². The molecule has 3 rings (SSSR count). The lowest BCUT2D eigenvalue weighted by Gasteiger charge is -2.17. The van der Waals surface area contributed by atoms with Gasteiger partial charge in [-0.1, -0.05) is 12.1 Å². The van der Waals surface area contributed by atoms with Crippen LogP contribution in [0.2, 0.25) is 0 Å². The molecule has 1 N–H and O–H groups in total. The van der Waals surface area contributed by atoms with Crippen LogP contribution in [0.1, 0.15) is 28.9 Å². The van der Waals surface area contributed by atoms with E-state index in [1.165, 1.54) is 25.0 Å². The molecule has 0 saturated carbocycles. The number of carbonyl (C=O) groups is 1. The Hall–Kier alpha value is -2.43. The van der Waals surface area contributed by atoms with Crippen molar-refractivity contribution >= 4 is 11.6 Å². The van der Waals surface area contributed by atoms with Crippen LogP contribution in [0.5, 0.6) is 0 Å². The van der Waals surface area contributed by atoms with Gasteiger partial charge < -0.3 is 10.2 Å². The Morgan fingerprint density at radius 3 is 2.64 bits per heavy atom. The Morgan fingerprint density at radius 2 is 1.91 bits per heavy atom. The van der Waals surface area contributed by atoms with Gasteiger partial charge in [-0.2, -0.15) is 0 Å². The van der Waals surface area contributed by atoms with Crippen molar-refractivity contribution in [3.05, 3.63) is 59.7 Å². The van der Waals surface area contributed by atoms with Crippen LogP contribution >= 0.6 is 0 Å². The standard InChI is InChI=1S/C17H18FN3O/c18-14-5-3-13(4-6-14)12-20-17(22)16-11-15(7-8-19-16)21-9-1-2-10-21/h3-8,11H,1-2,9-10,12H2,(H,20,22). The van der Waals surface area contributed by atoms with E-state index in [9.17, 15) is 9.18 Å². The van der Waals surface area contributed by atoms with E-state index < -0.39 is 0 Å². The van der Waals surface area contributed by atoms with Crippen LogP contribution in [0.4, 0.5) is 10.1 Å². The fourth-order valence-corrected chi connectivity index (χ4v) is 2.59. The molecule has 1 aliphatic heterocycles. The van der Waals surface area contributed by atoms with E-state index in [0.717, 1.165) is 24.3 Å². The molecule has 22 heavy (non-hydrogen) atoms. The summed E-state index contributed by atoms with van der Waals surface area (Å²) < 4.78 is 12.8. The molecule has 0 bridgehead atoms. The largest absolute Gasteiger partial charge is 0.371 e. The molecule has 1 aromatic carbocycles. The Balaban J connectivity index is 1.64. The molecule has 1 fully saturated rings. The Kier molecular flexibility index (Phi) is 4.32. The molecule has 1 aliphatic rings. The van der Waals surface area contributed by atoms with Gasteiger partial charge in [0.15, 0.2) is 0 Å². The maximum absolute atomic E-state index is 12.8. The topological polar surface area (TPSA) is 45.2 Å². The van der Waals surface area contributed by atoms with Gasteiger partial charge in [-0.05, 0) is 42.7 Å². The number of pyridine rings is 1. The second-order valence-corrected chi connectivity index (χ2v) is 5.40. The molecule has 2 aromatic rings. The number of benzene rings is 1. The quantitative estimate of drug-likeness (QED) is 0.944. The maximum atomic E-state index is 12.8. The number of anilines is 1. The van der Waals surface area contributed by atoms with Gasteiger partial charge >= 0.3 is 0 Å². The molecular formula is C17H18FN3O. The van der Waals surface area contributed by atoms with E-state index in [0.29, 0.717) is 12.2 Å². The maximum Gasteiger partial charge on any atom is 0.270 e. The molecule has 114 valence electrons. The molecule has 0 radical (unpaired) electrons. The van der Waals surface area contributed by atoms with Crippen molar-refractivity contribution in [2.24, 2.45) is 0 Å². The molecule has 1 saturated heterocycles. The lowest BCUT2D eigenvalue weighted by molar-refractivity contribution is 0.0946. The summed E-state index contributed by atoms with van der Waals surface area (Å²) in [5.74, 6) is -0.500. The fraction of sp³-hybridized carbons (Fsp3) is 0.294. The Labute approximate surface area is 129 Å². The zero-order valence-electron chi connectivity index (χ0n) is 12.3. The zero-order chi connectivity index (χ0) is 15.4. The highest BCUT2D eigenvalue weighted by molar-refractivity contribution is 5.93. The monoisotopic (exact) mass is 299 g/mol. The van der Waals surface area contributed by atoms with Crippen LogP contribution in [-0.4, -0.2) is 24.0 Å². The summed E-state index contributed by atoms with van der Waals surface area (Å²) in [6.07, 6.45) is 4.04. The van der Waals surface area contributed by atoms with E-state index >= 15 is 0 Å². The fourth-order valence-electron chi connectivity index (χ4n) is 2.59. The van der Waals surface area contributed by atoms with Gasteiger partial charge in [-0.25, -0.2) is 4.39 Å². The molecule has 1 amide bonds. The molecule has 5 heteroatoms.